The Balaban J connectivity index is 2.22. The van der Waals surface area contributed by atoms with Gasteiger partial charge in [-0.2, -0.15) is 0 Å². The van der Waals surface area contributed by atoms with Crippen molar-refractivity contribution in [3.05, 3.63) is 12.8 Å². The second-order valence-electron chi connectivity index (χ2n) is 3.30. The van der Waals surface area contributed by atoms with E-state index < -0.39 is 0 Å². The number of carbonyl (C=O) groups is 1. The summed E-state index contributed by atoms with van der Waals surface area (Å²) in [4.78, 5) is 13.2. The molecule has 0 aromatic heterocycles. The first-order valence-electron chi connectivity index (χ1n) is 4.74. The topological polar surface area (TPSA) is 29.5 Å². The second-order valence-corrected chi connectivity index (χ2v) is 3.30. The summed E-state index contributed by atoms with van der Waals surface area (Å²) in [6.45, 7) is 5.47. The highest BCUT2D eigenvalue weighted by molar-refractivity contribution is 5.79. The van der Waals surface area contributed by atoms with E-state index in [0.29, 0.717) is 19.6 Å². The van der Waals surface area contributed by atoms with Gasteiger partial charge in [-0.15, -0.1) is 12.3 Å². The first-order chi connectivity index (χ1) is 6.77. The molecule has 0 spiro atoms. The quantitative estimate of drug-likeness (QED) is 0.370. The van der Waals surface area contributed by atoms with Gasteiger partial charge in [0.1, 0.15) is 0 Å². The Bertz CT molecular complexity index is 255. The molecule has 1 atom stereocenters. The van der Waals surface area contributed by atoms with Crippen LogP contribution in [0.5, 0.6) is 0 Å². The van der Waals surface area contributed by atoms with Crippen LogP contribution in [0.1, 0.15) is 12.8 Å². The Labute approximate surface area is 84.7 Å². The Morgan fingerprint density at radius 3 is 3.14 bits per heavy atom. The summed E-state index contributed by atoms with van der Waals surface area (Å²) in [5.74, 6) is 2.87. The minimum atomic E-state index is 0.0998. The van der Waals surface area contributed by atoms with E-state index in [2.05, 4.69) is 12.5 Å². The molecule has 0 radical (unpaired) electrons. The van der Waals surface area contributed by atoms with Crippen molar-refractivity contribution in [1.82, 2.24) is 4.90 Å². The molecule has 0 saturated carbocycles. The van der Waals surface area contributed by atoms with Gasteiger partial charge in [0, 0.05) is 25.4 Å². The van der Waals surface area contributed by atoms with E-state index in [1.165, 1.54) is 6.26 Å². The smallest absolute Gasteiger partial charge is 0.223 e. The summed E-state index contributed by atoms with van der Waals surface area (Å²) in [6.07, 6.45) is 8.01. The van der Waals surface area contributed by atoms with Crippen LogP contribution in [0.3, 0.4) is 0 Å². The zero-order valence-corrected chi connectivity index (χ0v) is 8.24. The molecule has 1 aliphatic rings. The van der Waals surface area contributed by atoms with Gasteiger partial charge in [-0.3, -0.25) is 4.79 Å². The van der Waals surface area contributed by atoms with Gasteiger partial charge >= 0.3 is 0 Å². The number of hydrogen-bond donors (Lipinski definition) is 0. The van der Waals surface area contributed by atoms with Gasteiger partial charge in [0.05, 0.1) is 12.9 Å². The molecular weight excluding hydrogens is 178 g/mol. The minimum Gasteiger partial charge on any atom is -0.502 e. The van der Waals surface area contributed by atoms with Crippen molar-refractivity contribution in [1.29, 1.82) is 0 Å². The van der Waals surface area contributed by atoms with Crippen molar-refractivity contribution < 1.29 is 9.53 Å². The van der Waals surface area contributed by atoms with Crippen LogP contribution < -0.4 is 0 Å². The SMILES string of the molecule is C#CC1CC(=O)N(CCCOC=C)C1. The molecule has 0 aromatic rings. The number of terminal acetylenes is 1. The van der Waals surface area contributed by atoms with E-state index >= 15 is 0 Å². The number of amides is 1. The summed E-state index contributed by atoms with van der Waals surface area (Å²) in [6, 6.07) is 0. The van der Waals surface area contributed by atoms with E-state index in [0.717, 1.165) is 13.0 Å². The van der Waals surface area contributed by atoms with Crippen LogP contribution in [0, 0.1) is 18.3 Å². The zero-order valence-electron chi connectivity index (χ0n) is 8.24. The van der Waals surface area contributed by atoms with Crippen molar-refractivity contribution in [2.24, 2.45) is 5.92 Å². The molecule has 0 aliphatic carbocycles. The van der Waals surface area contributed by atoms with E-state index in [1.54, 1.807) is 4.90 Å². The molecule has 14 heavy (non-hydrogen) atoms. The Morgan fingerprint density at radius 1 is 1.79 bits per heavy atom. The Morgan fingerprint density at radius 2 is 2.57 bits per heavy atom. The fourth-order valence-electron chi connectivity index (χ4n) is 1.52. The molecule has 1 unspecified atom stereocenters. The van der Waals surface area contributed by atoms with Gasteiger partial charge in [-0.05, 0) is 6.42 Å². The van der Waals surface area contributed by atoms with Crippen molar-refractivity contribution in [3.63, 3.8) is 0 Å². The highest BCUT2D eigenvalue weighted by Crippen LogP contribution is 2.16. The van der Waals surface area contributed by atoms with Gasteiger partial charge < -0.3 is 9.64 Å². The van der Waals surface area contributed by atoms with Crippen LogP contribution in [0.4, 0.5) is 0 Å². The molecule has 1 heterocycles. The highest BCUT2D eigenvalue weighted by Gasteiger charge is 2.27. The summed E-state index contributed by atoms with van der Waals surface area (Å²) in [5, 5.41) is 0. The van der Waals surface area contributed by atoms with Gasteiger partial charge in [-0.1, -0.05) is 6.58 Å². The van der Waals surface area contributed by atoms with Gasteiger partial charge in [0.15, 0.2) is 0 Å². The summed E-state index contributed by atoms with van der Waals surface area (Å²) < 4.78 is 4.97. The van der Waals surface area contributed by atoms with Crippen LogP contribution in [-0.4, -0.2) is 30.5 Å². The standard InChI is InChI=1S/C11H15NO2/c1-3-10-8-11(13)12(9-10)6-5-7-14-4-2/h1,4,10H,2,5-9H2. The van der Waals surface area contributed by atoms with Crippen LogP contribution in [0.25, 0.3) is 0 Å². The van der Waals surface area contributed by atoms with Crippen molar-refractivity contribution >= 4 is 5.91 Å². The lowest BCUT2D eigenvalue weighted by Gasteiger charge is -2.14. The Kier molecular flexibility index (Phi) is 4.06. The lowest BCUT2D eigenvalue weighted by Crippen LogP contribution is -2.26. The van der Waals surface area contributed by atoms with E-state index in [4.69, 9.17) is 11.2 Å². The highest BCUT2D eigenvalue weighted by atomic mass is 16.5. The maximum Gasteiger partial charge on any atom is 0.223 e. The van der Waals surface area contributed by atoms with Crippen molar-refractivity contribution in [3.8, 4) is 12.3 Å². The molecule has 1 saturated heterocycles. The maximum atomic E-state index is 11.4. The summed E-state index contributed by atoms with van der Waals surface area (Å²) >= 11 is 0. The van der Waals surface area contributed by atoms with Crippen LogP contribution in [0.15, 0.2) is 12.8 Å². The second kappa shape index (κ2) is 5.33. The molecule has 0 bridgehead atoms. The van der Waals surface area contributed by atoms with Gasteiger partial charge in [0.2, 0.25) is 5.91 Å². The predicted octanol–water partition coefficient (Wildman–Crippen LogP) is 1.02. The number of ether oxygens (including phenoxy) is 1. The third-order valence-electron chi connectivity index (χ3n) is 2.26. The zero-order chi connectivity index (χ0) is 10.4. The first-order valence-corrected chi connectivity index (χ1v) is 4.74. The van der Waals surface area contributed by atoms with Crippen molar-refractivity contribution in [2.75, 3.05) is 19.7 Å². The van der Waals surface area contributed by atoms with E-state index in [1.807, 2.05) is 0 Å². The van der Waals surface area contributed by atoms with Crippen LogP contribution in [-0.2, 0) is 9.53 Å². The molecule has 76 valence electrons. The summed E-state index contributed by atoms with van der Waals surface area (Å²) in [5.41, 5.74) is 0. The average Bonchev–Trinajstić information content (AvgIpc) is 2.54. The van der Waals surface area contributed by atoms with Gasteiger partial charge in [-0.25, -0.2) is 0 Å². The molecule has 3 heteroatoms. The molecular formula is C11H15NO2. The number of hydrogen-bond acceptors (Lipinski definition) is 2. The van der Waals surface area contributed by atoms with Crippen molar-refractivity contribution in [2.45, 2.75) is 12.8 Å². The predicted molar refractivity (Wildman–Crippen MR) is 54.3 cm³/mol. The Hall–Kier alpha value is -1.43. The maximum absolute atomic E-state index is 11.4. The molecule has 0 N–H and O–H groups in total. The largest absolute Gasteiger partial charge is 0.502 e. The van der Waals surface area contributed by atoms with Crippen LogP contribution >= 0.6 is 0 Å². The normalized spacial score (nSPS) is 20.6. The fraction of sp³-hybridized carbons (Fsp3) is 0.545. The molecule has 1 amide bonds. The van der Waals surface area contributed by atoms with Gasteiger partial charge in [0.25, 0.3) is 0 Å². The first kappa shape index (κ1) is 10.6. The fourth-order valence-corrected chi connectivity index (χ4v) is 1.52. The lowest BCUT2D eigenvalue weighted by molar-refractivity contribution is -0.127. The lowest BCUT2D eigenvalue weighted by atomic mass is 10.1. The third kappa shape index (κ3) is 2.81. The number of carbonyl (C=O) groups excluding carboxylic acids is 1. The number of rotatable bonds is 5. The molecule has 1 fully saturated rings. The molecule has 1 rings (SSSR count). The minimum absolute atomic E-state index is 0.0998. The molecule has 3 nitrogen and oxygen atoms in total. The van der Waals surface area contributed by atoms with E-state index in [-0.39, 0.29) is 11.8 Å². The van der Waals surface area contributed by atoms with E-state index in [9.17, 15) is 4.79 Å². The monoisotopic (exact) mass is 193 g/mol. The molecule has 1 aliphatic heterocycles. The number of nitrogens with zero attached hydrogens (tertiary/aromatic N) is 1. The molecule has 0 aromatic carbocycles. The number of likely N-dealkylation sites (tertiary alicyclic amines) is 1. The summed E-state index contributed by atoms with van der Waals surface area (Å²) in [7, 11) is 0. The average molecular weight is 193 g/mol. The third-order valence-corrected chi connectivity index (χ3v) is 2.26. The van der Waals surface area contributed by atoms with Crippen LogP contribution in [0.2, 0.25) is 0 Å².